The molecule has 0 aromatic heterocycles. The third kappa shape index (κ3) is 6.53. The lowest BCUT2D eigenvalue weighted by Crippen LogP contribution is -2.46. The Balaban J connectivity index is 2.12. The van der Waals surface area contributed by atoms with Gasteiger partial charge < -0.3 is 20.5 Å². The van der Waals surface area contributed by atoms with E-state index >= 15 is 0 Å². The molecule has 1 heterocycles. The second-order valence-electron chi connectivity index (χ2n) is 4.62. The van der Waals surface area contributed by atoms with Gasteiger partial charge in [0.05, 0.1) is 13.2 Å². The van der Waals surface area contributed by atoms with Crippen LogP contribution in [0, 0.1) is 0 Å². The van der Waals surface area contributed by atoms with Crippen LogP contribution in [0.3, 0.4) is 0 Å². The topological polar surface area (TPSA) is 90.9 Å². The van der Waals surface area contributed by atoms with Crippen molar-refractivity contribution < 1.29 is 19.4 Å². The molecule has 1 aliphatic rings. The second-order valence-corrected chi connectivity index (χ2v) is 4.62. The Morgan fingerprint density at radius 3 is 2.70 bits per heavy atom. The number of aliphatic carboxylic acids is 1. The fourth-order valence-corrected chi connectivity index (χ4v) is 1.93. The van der Waals surface area contributed by atoms with E-state index in [0.717, 1.165) is 39.3 Å². The van der Waals surface area contributed by atoms with E-state index < -0.39 is 18.0 Å². The third-order valence-electron chi connectivity index (χ3n) is 3.05. The molecule has 1 fully saturated rings. The number of hydrogen-bond donors (Lipinski definition) is 3. The molecule has 0 saturated carbocycles. The number of carboxylic acids is 1. The van der Waals surface area contributed by atoms with Crippen molar-refractivity contribution in [2.45, 2.75) is 18.9 Å². The van der Waals surface area contributed by atoms with Gasteiger partial charge in [-0.2, -0.15) is 0 Å². The molecule has 0 aromatic rings. The monoisotopic (exact) mass is 285 g/mol. The van der Waals surface area contributed by atoms with Crippen LogP contribution in [0.4, 0.5) is 4.79 Å². The molecule has 2 amide bonds. The highest BCUT2D eigenvalue weighted by molar-refractivity contribution is 5.82. The van der Waals surface area contributed by atoms with Crippen molar-refractivity contribution in [3.05, 3.63) is 12.7 Å². The lowest BCUT2D eigenvalue weighted by Gasteiger charge is -2.26. The first-order chi connectivity index (χ1) is 9.63. The summed E-state index contributed by atoms with van der Waals surface area (Å²) in [6.45, 7) is 8.25. The van der Waals surface area contributed by atoms with E-state index in [1.165, 1.54) is 6.08 Å². The molecule has 0 aromatic carbocycles. The van der Waals surface area contributed by atoms with Crippen molar-refractivity contribution in [3.8, 4) is 0 Å². The Labute approximate surface area is 119 Å². The summed E-state index contributed by atoms with van der Waals surface area (Å²) in [7, 11) is 0. The van der Waals surface area contributed by atoms with Gasteiger partial charge in [0.25, 0.3) is 0 Å². The number of rotatable bonds is 8. The largest absolute Gasteiger partial charge is 0.480 e. The van der Waals surface area contributed by atoms with Crippen LogP contribution in [0.5, 0.6) is 0 Å². The smallest absolute Gasteiger partial charge is 0.326 e. The number of urea groups is 1. The molecule has 0 radical (unpaired) electrons. The van der Waals surface area contributed by atoms with Gasteiger partial charge >= 0.3 is 12.0 Å². The SMILES string of the molecule is C=CCC(NC(=O)NCCCN1CCOCC1)C(=O)O. The van der Waals surface area contributed by atoms with Gasteiger partial charge in [0.1, 0.15) is 6.04 Å². The first-order valence-corrected chi connectivity index (χ1v) is 6.81. The van der Waals surface area contributed by atoms with Crippen molar-refractivity contribution in [1.82, 2.24) is 15.5 Å². The molecular weight excluding hydrogens is 262 g/mol. The predicted octanol–water partition coefficient (Wildman–Crippen LogP) is 0.0372. The Kier molecular flexibility index (Phi) is 7.67. The number of nitrogens with one attached hydrogen (secondary N) is 2. The summed E-state index contributed by atoms with van der Waals surface area (Å²) >= 11 is 0. The lowest BCUT2D eigenvalue weighted by molar-refractivity contribution is -0.139. The minimum atomic E-state index is -1.06. The van der Waals surface area contributed by atoms with E-state index in [4.69, 9.17) is 9.84 Å². The average Bonchev–Trinajstić information content (AvgIpc) is 2.44. The maximum Gasteiger partial charge on any atom is 0.326 e. The van der Waals surface area contributed by atoms with Gasteiger partial charge in [-0.3, -0.25) is 4.90 Å². The number of morpholine rings is 1. The molecule has 114 valence electrons. The van der Waals surface area contributed by atoms with Gasteiger partial charge in [-0.1, -0.05) is 6.08 Å². The number of carbonyl (C=O) groups is 2. The van der Waals surface area contributed by atoms with E-state index in [-0.39, 0.29) is 6.42 Å². The summed E-state index contributed by atoms with van der Waals surface area (Å²) in [6, 6.07) is -1.38. The first-order valence-electron chi connectivity index (χ1n) is 6.81. The molecule has 1 atom stereocenters. The number of carboxylic acid groups (broad SMARTS) is 1. The van der Waals surface area contributed by atoms with Crippen LogP contribution in [-0.2, 0) is 9.53 Å². The van der Waals surface area contributed by atoms with Gasteiger partial charge in [0.2, 0.25) is 0 Å². The lowest BCUT2D eigenvalue weighted by atomic mass is 10.2. The second kappa shape index (κ2) is 9.33. The van der Waals surface area contributed by atoms with E-state index in [0.29, 0.717) is 6.54 Å². The summed E-state index contributed by atoms with van der Waals surface area (Å²) in [4.78, 5) is 24.7. The summed E-state index contributed by atoms with van der Waals surface area (Å²) in [5.74, 6) is -1.06. The van der Waals surface area contributed by atoms with Crippen LogP contribution in [0.1, 0.15) is 12.8 Å². The standard InChI is InChI=1S/C13H23N3O4/c1-2-4-11(12(17)18)15-13(19)14-5-3-6-16-7-9-20-10-8-16/h2,11H,1,3-10H2,(H,17,18)(H2,14,15,19). The van der Waals surface area contributed by atoms with Gasteiger partial charge in [-0.15, -0.1) is 6.58 Å². The van der Waals surface area contributed by atoms with Gasteiger partial charge in [-0.25, -0.2) is 9.59 Å². The molecule has 0 spiro atoms. The van der Waals surface area contributed by atoms with E-state index in [1.54, 1.807) is 0 Å². The predicted molar refractivity (Wildman–Crippen MR) is 74.6 cm³/mol. The zero-order chi connectivity index (χ0) is 14.8. The number of nitrogens with zero attached hydrogens (tertiary/aromatic N) is 1. The molecule has 1 aliphatic heterocycles. The van der Waals surface area contributed by atoms with Gasteiger partial charge in [0.15, 0.2) is 0 Å². The summed E-state index contributed by atoms with van der Waals surface area (Å²) in [6.07, 6.45) is 2.50. The molecule has 0 bridgehead atoms. The van der Waals surface area contributed by atoms with Crippen LogP contribution in [-0.4, -0.2) is 67.4 Å². The Hall–Kier alpha value is -1.60. The Bertz CT molecular complexity index is 330. The molecule has 7 heteroatoms. The zero-order valence-corrected chi connectivity index (χ0v) is 11.6. The molecule has 20 heavy (non-hydrogen) atoms. The number of carbonyl (C=O) groups excluding carboxylic acids is 1. The number of amides is 2. The summed E-state index contributed by atoms with van der Waals surface area (Å²) in [5.41, 5.74) is 0. The molecule has 1 saturated heterocycles. The number of ether oxygens (including phenoxy) is 1. The average molecular weight is 285 g/mol. The number of hydrogen-bond acceptors (Lipinski definition) is 4. The molecular formula is C13H23N3O4. The molecule has 3 N–H and O–H groups in total. The van der Waals surface area contributed by atoms with Crippen molar-refractivity contribution in [3.63, 3.8) is 0 Å². The fourth-order valence-electron chi connectivity index (χ4n) is 1.93. The molecule has 7 nitrogen and oxygen atoms in total. The minimum Gasteiger partial charge on any atom is -0.480 e. The first kappa shape index (κ1) is 16.5. The fraction of sp³-hybridized carbons (Fsp3) is 0.692. The van der Waals surface area contributed by atoms with Crippen LogP contribution in [0.2, 0.25) is 0 Å². The van der Waals surface area contributed by atoms with Crippen LogP contribution < -0.4 is 10.6 Å². The highest BCUT2D eigenvalue weighted by Crippen LogP contribution is 1.97. The van der Waals surface area contributed by atoms with Crippen LogP contribution >= 0.6 is 0 Å². The van der Waals surface area contributed by atoms with E-state index in [9.17, 15) is 9.59 Å². The van der Waals surface area contributed by atoms with Crippen LogP contribution in [0.25, 0.3) is 0 Å². The zero-order valence-electron chi connectivity index (χ0n) is 11.6. The molecule has 1 rings (SSSR count). The van der Waals surface area contributed by atoms with E-state index in [2.05, 4.69) is 22.1 Å². The third-order valence-corrected chi connectivity index (χ3v) is 3.05. The van der Waals surface area contributed by atoms with Crippen molar-refractivity contribution in [2.75, 3.05) is 39.4 Å². The van der Waals surface area contributed by atoms with Gasteiger partial charge in [0, 0.05) is 19.6 Å². The highest BCUT2D eigenvalue weighted by atomic mass is 16.5. The van der Waals surface area contributed by atoms with Crippen molar-refractivity contribution >= 4 is 12.0 Å². The minimum absolute atomic E-state index is 0.205. The molecule has 0 aliphatic carbocycles. The van der Waals surface area contributed by atoms with Gasteiger partial charge in [-0.05, 0) is 19.4 Å². The maximum atomic E-state index is 11.5. The quantitative estimate of drug-likeness (QED) is 0.432. The van der Waals surface area contributed by atoms with Crippen LogP contribution in [0.15, 0.2) is 12.7 Å². The maximum absolute atomic E-state index is 11.5. The normalized spacial score (nSPS) is 17.2. The molecule has 1 unspecified atom stereocenters. The van der Waals surface area contributed by atoms with Crippen molar-refractivity contribution in [1.29, 1.82) is 0 Å². The van der Waals surface area contributed by atoms with E-state index in [1.807, 2.05) is 0 Å². The highest BCUT2D eigenvalue weighted by Gasteiger charge is 2.17. The Morgan fingerprint density at radius 2 is 2.10 bits per heavy atom. The Morgan fingerprint density at radius 1 is 1.40 bits per heavy atom. The van der Waals surface area contributed by atoms with Crippen molar-refractivity contribution in [2.24, 2.45) is 0 Å². The summed E-state index contributed by atoms with van der Waals surface area (Å²) < 4.78 is 5.25. The summed E-state index contributed by atoms with van der Waals surface area (Å²) in [5, 5.41) is 13.9.